The highest BCUT2D eigenvalue weighted by Crippen LogP contribution is 2.30. The first-order chi connectivity index (χ1) is 8.49. The molecule has 0 aromatic heterocycles. The molecule has 1 saturated heterocycles. The highest BCUT2D eigenvalue weighted by atomic mass is 79.9. The maximum atomic E-state index is 10.8. The van der Waals surface area contributed by atoms with Crippen LogP contribution in [-0.2, 0) is 11.3 Å². The summed E-state index contributed by atoms with van der Waals surface area (Å²) in [4.78, 5) is 22.9. The summed E-state index contributed by atoms with van der Waals surface area (Å²) in [6.45, 7) is 1.50. The van der Waals surface area contributed by atoms with Crippen molar-refractivity contribution in [1.82, 2.24) is 4.90 Å². The highest BCUT2D eigenvalue weighted by Gasteiger charge is 2.32. The van der Waals surface area contributed by atoms with Crippen molar-refractivity contribution in [3.63, 3.8) is 0 Å². The molecule has 0 unspecified atom stereocenters. The van der Waals surface area contributed by atoms with Gasteiger partial charge in [0.05, 0.1) is 15.3 Å². The van der Waals surface area contributed by atoms with Crippen molar-refractivity contribution in [2.75, 3.05) is 13.1 Å². The number of nitro benzene ring substituents is 1. The minimum Gasteiger partial charge on any atom is -0.481 e. The lowest BCUT2D eigenvalue weighted by Crippen LogP contribution is -2.49. The molecule has 7 heteroatoms. The van der Waals surface area contributed by atoms with Crippen LogP contribution < -0.4 is 0 Å². The van der Waals surface area contributed by atoms with Crippen LogP contribution in [0.25, 0.3) is 0 Å². The van der Waals surface area contributed by atoms with Crippen molar-refractivity contribution in [2.24, 2.45) is 5.92 Å². The van der Waals surface area contributed by atoms with Gasteiger partial charge in [0.15, 0.2) is 0 Å². The van der Waals surface area contributed by atoms with Crippen LogP contribution in [0.5, 0.6) is 0 Å². The zero-order chi connectivity index (χ0) is 13.3. The lowest BCUT2D eigenvalue weighted by Gasteiger charge is -2.36. The molecule has 0 spiro atoms. The van der Waals surface area contributed by atoms with Crippen LogP contribution in [0.4, 0.5) is 5.69 Å². The number of nitrogens with zero attached hydrogens (tertiary/aromatic N) is 2. The largest absolute Gasteiger partial charge is 0.481 e. The molecule has 1 heterocycles. The maximum Gasteiger partial charge on any atom is 0.309 e. The van der Waals surface area contributed by atoms with E-state index in [1.807, 2.05) is 4.90 Å². The van der Waals surface area contributed by atoms with Gasteiger partial charge in [-0.1, -0.05) is 12.1 Å². The highest BCUT2D eigenvalue weighted by molar-refractivity contribution is 9.10. The summed E-state index contributed by atoms with van der Waals surface area (Å²) in [5, 5.41) is 19.5. The van der Waals surface area contributed by atoms with Crippen molar-refractivity contribution in [3.05, 3.63) is 38.3 Å². The van der Waals surface area contributed by atoms with Gasteiger partial charge in [-0.2, -0.15) is 0 Å². The molecular formula is C11H11BrN2O4. The first-order valence-electron chi connectivity index (χ1n) is 5.36. The first kappa shape index (κ1) is 13.0. The summed E-state index contributed by atoms with van der Waals surface area (Å²) in [5.74, 6) is -1.10. The zero-order valence-electron chi connectivity index (χ0n) is 9.38. The minimum absolute atomic E-state index is 0.0304. The van der Waals surface area contributed by atoms with E-state index in [2.05, 4.69) is 15.9 Å². The summed E-state index contributed by atoms with van der Waals surface area (Å²) in [5.41, 5.74) is 0.829. The van der Waals surface area contributed by atoms with E-state index >= 15 is 0 Å². The number of hydrogen-bond donors (Lipinski definition) is 1. The second kappa shape index (κ2) is 5.03. The molecule has 1 N–H and O–H groups in total. The molecular weight excluding hydrogens is 304 g/mol. The number of carboxylic acids is 1. The van der Waals surface area contributed by atoms with Crippen LogP contribution in [0, 0.1) is 16.0 Å². The molecule has 1 aromatic rings. The maximum absolute atomic E-state index is 10.8. The van der Waals surface area contributed by atoms with Crippen molar-refractivity contribution >= 4 is 27.6 Å². The third kappa shape index (κ3) is 2.51. The van der Waals surface area contributed by atoms with E-state index in [9.17, 15) is 14.9 Å². The Kier molecular flexibility index (Phi) is 3.63. The Balaban J connectivity index is 2.05. The number of hydrogen-bond acceptors (Lipinski definition) is 4. The average Bonchev–Trinajstić information content (AvgIpc) is 2.23. The van der Waals surface area contributed by atoms with E-state index in [-0.39, 0.29) is 11.6 Å². The summed E-state index contributed by atoms with van der Waals surface area (Å²) in [6.07, 6.45) is 0. The van der Waals surface area contributed by atoms with E-state index in [4.69, 9.17) is 5.11 Å². The molecule has 0 amide bonds. The van der Waals surface area contributed by atoms with Crippen LogP contribution in [0.15, 0.2) is 22.7 Å². The van der Waals surface area contributed by atoms with Gasteiger partial charge in [-0.15, -0.1) is 0 Å². The Labute approximate surface area is 111 Å². The standard InChI is InChI=1S/C11H11BrN2O4/c12-10-7(2-1-3-9(10)14(17)18)4-13-5-8(6-13)11(15)16/h1-3,8H,4-6H2,(H,15,16). The number of benzene rings is 1. The quantitative estimate of drug-likeness (QED) is 0.677. The molecule has 1 aromatic carbocycles. The Bertz CT molecular complexity index is 500. The van der Waals surface area contributed by atoms with Gasteiger partial charge in [0.2, 0.25) is 0 Å². The van der Waals surface area contributed by atoms with Crippen molar-refractivity contribution in [3.8, 4) is 0 Å². The molecule has 0 radical (unpaired) electrons. The smallest absolute Gasteiger partial charge is 0.309 e. The van der Waals surface area contributed by atoms with Crippen LogP contribution in [0.2, 0.25) is 0 Å². The van der Waals surface area contributed by atoms with Crippen LogP contribution in [0.1, 0.15) is 5.56 Å². The summed E-state index contributed by atoms with van der Waals surface area (Å²) >= 11 is 3.22. The van der Waals surface area contributed by atoms with Crippen LogP contribution in [0.3, 0.4) is 0 Å². The van der Waals surface area contributed by atoms with Gasteiger partial charge >= 0.3 is 5.97 Å². The van der Waals surface area contributed by atoms with Crippen molar-refractivity contribution in [2.45, 2.75) is 6.54 Å². The fourth-order valence-electron chi connectivity index (χ4n) is 1.93. The molecule has 6 nitrogen and oxygen atoms in total. The first-order valence-corrected chi connectivity index (χ1v) is 6.15. The third-order valence-electron chi connectivity index (χ3n) is 2.96. The van der Waals surface area contributed by atoms with E-state index in [1.54, 1.807) is 12.1 Å². The van der Waals surface area contributed by atoms with Gasteiger partial charge in [0.1, 0.15) is 0 Å². The second-order valence-corrected chi connectivity index (χ2v) is 5.03. The van der Waals surface area contributed by atoms with Gasteiger partial charge in [0.25, 0.3) is 5.69 Å². The summed E-state index contributed by atoms with van der Waals surface area (Å²) in [6, 6.07) is 4.86. The van der Waals surface area contributed by atoms with E-state index in [0.717, 1.165) is 5.56 Å². The molecule has 0 bridgehead atoms. The molecule has 96 valence electrons. The van der Waals surface area contributed by atoms with Crippen LogP contribution >= 0.6 is 15.9 Å². The number of carbonyl (C=O) groups is 1. The Morgan fingerprint density at radius 1 is 1.56 bits per heavy atom. The van der Waals surface area contributed by atoms with Crippen molar-refractivity contribution < 1.29 is 14.8 Å². The fourth-order valence-corrected chi connectivity index (χ4v) is 2.46. The minimum atomic E-state index is -0.788. The lowest BCUT2D eigenvalue weighted by atomic mass is 9.99. The average molecular weight is 315 g/mol. The monoisotopic (exact) mass is 314 g/mol. The third-order valence-corrected chi connectivity index (χ3v) is 3.87. The SMILES string of the molecule is O=C(O)C1CN(Cc2cccc([N+](=O)[O-])c2Br)C1. The van der Waals surface area contributed by atoms with Gasteiger partial charge in [-0.25, -0.2) is 0 Å². The summed E-state index contributed by atoms with van der Waals surface area (Å²) < 4.78 is 0.466. The molecule has 0 atom stereocenters. The molecule has 0 saturated carbocycles. The van der Waals surface area contributed by atoms with Gasteiger partial charge in [-0.3, -0.25) is 19.8 Å². The Morgan fingerprint density at radius 3 is 2.78 bits per heavy atom. The number of rotatable bonds is 4. The van der Waals surface area contributed by atoms with E-state index < -0.39 is 10.9 Å². The molecule has 18 heavy (non-hydrogen) atoms. The molecule has 2 rings (SSSR count). The predicted molar refractivity (Wildman–Crippen MR) is 67.2 cm³/mol. The number of carboxylic acid groups (broad SMARTS) is 1. The molecule has 1 fully saturated rings. The van der Waals surface area contributed by atoms with Gasteiger partial charge in [0, 0.05) is 25.7 Å². The topological polar surface area (TPSA) is 83.7 Å². The number of aliphatic carboxylic acids is 1. The van der Waals surface area contributed by atoms with Gasteiger partial charge < -0.3 is 5.11 Å². The fraction of sp³-hybridized carbons (Fsp3) is 0.364. The second-order valence-electron chi connectivity index (χ2n) is 4.24. The number of nitro groups is 1. The Morgan fingerprint density at radius 2 is 2.22 bits per heavy atom. The number of halogens is 1. The molecule has 1 aliphatic heterocycles. The normalized spacial score (nSPS) is 16.3. The zero-order valence-corrected chi connectivity index (χ0v) is 11.0. The van der Waals surface area contributed by atoms with E-state index in [1.165, 1.54) is 6.07 Å². The lowest BCUT2D eigenvalue weighted by molar-refractivity contribution is -0.385. The number of likely N-dealkylation sites (tertiary alicyclic amines) is 1. The van der Waals surface area contributed by atoms with E-state index in [0.29, 0.717) is 24.1 Å². The Hall–Kier alpha value is -1.47. The van der Waals surface area contributed by atoms with Crippen LogP contribution in [-0.4, -0.2) is 34.0 Å². The van der Waals surface area contributed by atoms with Gasteiger partial charge in [-0.05, 0) is 21.5 Å². The van der Waals surface area contributed by atoms with Crippen molar-refractivity contribution in [1.29, 1.82) is 0 Å². The molecule has 1 aliphatic rings. The predicted octanol–water partition coefficient (Wildman–Crippen LogP) is 1.87. The summed E-state index contributed by atoms with van der Waals surface area (Å²) in [7, 11) is 0. The molecule has 0 aliphatic carbocycles.